The van der Waals surface area contributed by atoms with Gasteiger partial charge in [-0.3, -0.25) is 15.3 Å². The van der Waals surface area contributed by atoms with Crippen LogP contribution in [0.4, 0.5) is 15.0 Å². The molecule has 0 unspecified atom stereocenters. The van der Waals surface area contributed by atoms with E-state index in [9.17, 15) is 9.18 Å². The van der Waals surface area contributed by atoms with E-state index in [2.05, 4.69) is 20.3 Å². The Morgan fingerprint density at radius 1 is 0.871 bits per heavy atom. The number of hydrogen-bond acceptors (Lipinski definition) is 4. The van der Waals surface area contributed by atoms with Crippen molar-refractivity contribution < 1.29 is 9.18 Å². The molecule has 3 N–H and O–H groups in total. The Labute approximate surface area is 179 Å². The lowest BCUT2D eigenvalue weighted by molar-refractivity contribution is 0.259. The third-order valence-electron chi connectivity index (χ3n) is 5.15. The summed E-state index contributed by atoms with van der Waals surface area (Å²) < 4.78 is 13.8. The van der Waals surface area contributed by atoms with Crippen LogP contribution in [0.1, 0.15) is 22.4 Å². The summed E-state index contributed by atoms with van der Waals surface area (Å²) in [6.07, 6.45) is 7.42. The lowest BCUT2D eigenvalue weighted by Crippen LogP contribution is -2.33. The maximum absolute atomic E-state index is 13.8. The quantitative estimate of drug-likeness (QED) is 0.498. The molecule has 4 rings (SSSR count). The third-order valence-corrected chi connectivity index (χ3v) is 5.15. The molecule has 2 amide bonds. The minimum absolute atomic E-state index is 0.319. The summed E-state index contributed by atoms with van der Waals surface area (Å²) in [7, 11) is 0. The van der Waals surface area contributed by atoms with Gasteiger partial charge in [-0.05, 0) is 53.1 Å². The number of nitrogens with zero attached hydrogens (tertiary/aromatic N) is 3. The molecule has 0 bridgehead atoms. The zero-order valence-corrected chi connectivity index (χ0v) is 16.6. The van der Waals surface area contributed by atoms with Crippen molar-refractivity contribution in [1.29, 1.82) is 0 Å². The molecule has 1 aromatic carbocycles. The molecule has 3 heterocycles. The van der Waals surface area contributed by atoms with Crippen LogP contribution in [0, 0.1) is 5.82 Å². The first-order valence-corrected chi connectivity index (χ1v) is 9.67. The Bertz CT molecular complexity index is 1130. The van der Waals surface area contributed by atoms with Gasteiger partial charge in [-0.25, -0.2) is 14.2 Å². The van der Waals surface area contributed by atoms with Crippen LogP contribution in [-0.2, 0) is 11.8 Å². The van der Waals surface area contributed by atoms with Gasteiger partial charge in [0, 0.05) is 36.9 Å². The number of aromatic nitrogens is 3. The van der Waals surface area contributed by atoms with Crippen molar-refractivity contribution in [2.24, 2.45) is 5.73 Å². The number of anilines is 1. The fourth-order valence-corrected chi connectivity index (χ4v) is 3.82. The predicted molar refractivity (Wildman–Crippen MR) is 116 cm³/mol. The first kappa shape index (κ1) is 20.2. The number of halogens is 1. The smallest absolute Gasteiger partial charge is 0.317 e. The first-order valence-electron chi connectivity index (χ1n) is 9.67. The number of urea groups is 1. The average molecular weight is 413 g/mol. The van der Waals surface area contributed by atoms with Gasteiger partial charge in [-0.1, -0.05) is 30.3 Å². The highest BCUT2D eigenvalue weighted by molar-refractivity contribution is 5.86. The van der Waals surface area contributed by atoms with Gasteiger partial charge in [0.2, 0.25) is 0 Å². The molecule has 7 heteroatoms. The van der Waals surface area contributed by atoms with Crippen LogP contribution in [0.5, 0.6) is 0 Å². The molecule has 4 aromatic rings. The Morgan fingerprint density at radius 3 is 2.06 bits per heavy atom. The first-order chi connectivity index (χ1) is 15.1. The standard InChI is InChI=1S/C24H20FN5O/c25-20-10-8-17(9-11-20)24(18-4-2-12-27-15-18,19-5-3-13-28-16-19)14-21-6-1-7-22(29-21)30-23(26)31/h1-13,15-16H,14H2,(H3,26,29,30,31). The van der Waals surface area contributed by atoms with Crippen molar-refractivity contribution in [3.63, 3.8) is 0 Å². The summed E-state index contributed by atoms with van der Waals surface area (Å²) in [5, 5.41) is 2.51. The maximum atomic E-state index is 13.8. The molecule has 0 radical (unpaired) electrons. The van der Waals surface area contributed by atoms with E-state index >= 15 is 0 Å². The molecule has 0 aliphatic heterocycles. The molecule has 0 saturated heterocycles. The summed E-state index contributed by atoms with van der Waals surface area (Å²) in [4.78, 5) is 24.5. The lowest BCUT2D eigenvalue weighted by atomic mass is 9.67. The number of amides is 2. The number of primary amides is 1. The van der Waals surface area contributed by atoms with E-state index in [-0.39, 0.29) is 5.82 Å². The SMILES string of the molecule is NC(=O)Nc1cccc(CC(c2ccc(F)cc2)(c2cccnc2)c2cccnc2)n1. The third kappa shape index (κ3) is 4.25. The zero-order valence-electron chi connectivity index (χ0n) is 16.6. The van der Waals surface area contributed by atoms with Gasteiger partial charge in [0.15, 0.2) is 0 Å². The number of pyridine rings is 3. The van der Waals surface area contributed by atoms with Crippen molar-refractivity contribution in [2.75, 3.05) is 5.32 Å². The average Bonchev–Trinajstić information content (AvgIpc) is 2.79. The molecule has 0 fully saturated rings. The van der Waals surface area contributed by atoms with Crippen LogP contribution in [0.25, 0.3) is 0 Å². The number of benzene rings is 1. The van der Waals surface area contributed by atoms with Gasteiger partial charge in [-0.15, -0.1) is 0 Å². The molecule has 0 saturated carbocycles. The van der Waals surface area contributed by atoms with E-state index in [0.717, 1.165) is 16.7 Å². The highest BCUT2D eigenvalue weighted by atomic mass is 19.1. The molecule has 0 aliphatic rings. The van der Waals surface area contributed by atoms with E-state index in [4.69, 9.17) is 5.73 Å². The van der Waals surface area contributed by atoms with E-state index in [0.29, 0.717) is 17.9 Å². The second-order valence-electron chi connectivity index (χ2n) is 7.08. The molecule has 0 aliphatic carbocycles. The Hall–Kier alpha value is -4.13. The summed E-state index contributed by atoms with van der Waals surface area (Å²) in [6, 6.07) is 18.8. The molecular formula is C24H20FN5O. The predicted octanol–water partition coefficient (Wildman–Crippen LogP) is 4.08. The van der Waals surface area contributed by atoms with E-state index in [1.165, 1.54) is 12.1 Å². The Balaban J connectivity index is 1.94. The molecule has 0 spiro atoms. The van der Waals surface area contributed by atoms with Crippen molar-refractivity contribution in [3.05, 3.63) is 120 Å². The molecule has 6 nitrogen and oxygen atoms in total. The number of rotatable bonds is 6. The van der Waals surface area contributed by atoms with Crippen LogP contribution in [0.15, 0.2) is 91.5 Å². The highest BCUT2D eigenvalue weighted by Crippen LogP contribution is 2.41. The van der Waals surface area contributed by atoms with Crippen LogP contribution in [-0.4, -0.2) is 21.0 Å². The van der Waals surface area contributed by atoms with E-state index in [1.807, 2.05) is 30.3 Å². The zero-order chi connectivity index (χ0) is 21.7. The summed E-state index contributed by atoms with van der Waals surface area (Å²) in [5.74, 6) is 0.0381. The minimum Gasteiger partial charge on any atom is -0.351 e. The van der Waals surface area contributed by atoms with Crippen LogP contribution >= 0.6 is 0 Å². The van der Waals surface area contributed by atoms with Gasteiger partial charge >= 0.3 is 6.03 Å². The number of carbonyl (C=O) groups excluding carboxylic acids is 1. The molecular weight excluding hydrogens is 393 g/mol. The van der Waals surface area contributed by atoms with E-state index in [1.54, 1.807) is 49.1 Å². The Morgan fingerprint density at radius 2 is 1.52 bits per heavy atom. The van der Waals surface area contributed by atoms with Crippen molar-refractivity contribution >= 4 is 11.8 Å². The fraction of sp³-hybridized carbons (Fsp3) is 0.0833. The summed E-state index contributed by atoms with van der Waals surface area (Å²) >= 11 is 0. The monoisotopic (exact) mass is 413 g/mol. The summed E-state index contributed by atoms with van der Waals surface area (Å²) in [5.41, 5.74) is 7.90. The topological polar surface area (TPSA) is 93.8 Å². The van der Waals surface area contributed by atoms with Crippen molar-refractivity contribution in [3.8, 4) is 0 Å². The largest absolute Gasteiger partial charge is 0.351 e. The number of carbonyl (C=O) groups is 1. The Kier molecular flexibility index (Phi) is 5.66. The van der Waals surface area contributed by atoms with Gasteiger partial charge < -0.3 is 5.73 Å². The van der Waals surface area contributed by atoms with Crippen molar-refractivity contribution in [1.82, 2.24) is 15.0 Å². The molecule has 154 valence electrons. The van der Waals surface area contributed by atoms with Gasteiger partial charge in [0.25, 0.3) is 0 Å². The van der Waals surface area contributed by atoms with Crippen molar-refractivity contribution in [2.45, 2.75) is 11.8 Å². The fourth-order valence-electron chi connectivity index (χ4n) is 3.82. The second-order valence-corrected chi connectivity index (χ2v) is 7.08. The van der Waals surface area contributed by atoms with Crippen LogP contribution < -0.4 is 11.1 Å². The lowest BCUT2D eigenvalue weighted by Gasteiger charge is -2.35. The van der Waals surface area contributed by atoms with Gasteiger partial charge in [0.1, 0.15) is 11.6 Å². The highest BCUT2D eigenvalue weighted by Gasteiger charge is 2.37. The molecule has 3 aromatic heterocycles. The van der Waals surface area contributed by atoms with E-state index < -0.39 is 11.4 Å². The number of hydrogen-bond donors (Lipinski definition) is 2. The molecule has 31 heavy (non-hydrogen) atoms. The maximum Gasteiger partial charge on any atom is 0.317 e. The van der Waals surface area contributed by atoms with Crippen LogP contribution in [0.3, 0.4) is 0 Å². The van der Waals surface area contributed by atoms with Gasteiger partial charge in [0.05, 0.1) is 5.41 Å². The number of nitrogens with one attached hydrogen (secondary N) is 1. The minimum atomic E-state index is -0.742. The van der Waals surface area contributed by atoms with Gasteiger partial charge in [-0.2, -0.15) is 0 Å². The molecule has 0 atom stereocenters. The normalized spacial score (nSPS) is 11.1. The summed E-state index contributed by atoms with van der Waals surface area (Å²) in [6.45, 7) is 0. The number of nitrogens with two attached hydrogens (primary N) is 1. The second kappa shape index (κ2) is 8.71. The van der Waals surface area contributed by atoms with Crippen LogP contribution in [0.2, 0.25) is 0 Å².